The van der Waals surface area contributed by atoms with Crippen molar-refractivity contribution >= 4 is 17.0 Å². The third-order valence-corrected chi connectivity index (χ3v) is 4.80. The van der Waals surface area contributed by atoms with Crippen molar-refractivity contribution in [3.8, 4) is 11.4 Å². The Labute approximate surface area is 161 Å². The van der Waals surface area contributed by atoms with Crippen molar-refractivity contribution in [2.24, 2.45) is 7.05 Å². The van der Waals surface area contributed by atoms with E-state index in [-0.39, 0.29) is 22.8 Å². The highest BCUT2D eigenvalue weighted by Crippen LogP contribution is 2.30. The van der Waals surface area contributed by atoms with Crippen LogP contribution in [0.15, 0.2) is 29.1 Å². The van der Waals surface area contributed by atoms with Crippen molar-refractivity contribution in [1.29, 1.82) is 0 Å². The number of hydrogen-bond acceptors (Lipinski definition) is 10. The molecule has 0 radical (unpaired) electrons. The van der Waals surface area contributed by atoms with E-state index in [1.807, 2.05) is 0 Å². The van der Waals surface area contributed by atoms with Gasteiger partial charge in [0.1, 0.15) is 18.3 Å². The summed E-state index contributed by atoms with van der Waals surface area (Å²) in [5.74, 6) is 0.140. The van der Waals surface area contributed by atoms with Gasteiger partial charge < -0.3 is 20.1 Å². The third kappa shape index (κ3) is 2.96. The molecule has 1 fully saturated rings. The van der Waals surface area contributed by atoms with Gasteiger partial charge in [-0.15, -0.1) is 10.2 Å². The summed E-state index contributed by atoms with van der Waals surface area (Å²) >= 11 is 0. The number of nitro benzene ring substituents is 1. The van der Waals surface area contributed by atoms with Crippen LogP contribution in [0.1, 0.15) is 6.23 Å². The second-order valence-electron chi connectivity index (χ2n) is 6.53. The third-order valence-electron chi connectivity index (χ3n) is 4.80. The van der Waals surface area contributed by atoms with Gasteiger partial charge in [0.2, 0.25) is 5.65 Å². The molecule has 2 aromatic heterocycles. The van der Waals surface area contributed by atoms with Gasteiger partial charge in [-0.05, 0) is 12.1 Å². The molecule has 1 aliphatic heterocycles. The predicted octanol–water partition coefficient (Wildman–Crippen LogP) is -1.29. The van der Waals surface area contributed by atoms with Crippen molar-refractivity contribution < 1.29 is 25.0 Å². The van der Waals surface area contributed by atoms with Gasteiger partial charge in [-0.3, -0.25) is 14.7 Å². The zero-order valence-corrected chi connectivity index (χ0v) is 15.0. The Hall–Kier alpha value is -3.26. The summed E-state index contributed by atoms with van der Waals surface area (Å²) in [6, 6.07) is 5.52. The van der Waals surface area contributed by atoms with Gasteiger partial charge in [0.15, 0.2) is 17.7 Å². The lowest BCUT2D eigenvalue weighted by Gasteiger charge is -2.15. The monoisotopic (exact) mass is 404 g/mol. The van der Waals surface area contributed by atoms with Crippen LogP contribution in [-0.2, 0) is 11.8 Å². The molecule has 0 unspecified atom stereocenters. The van der Waals surface area contributed by atoms with Gasteiger partial charge in [0.05, 0.1) is 11.5 Å². The van der Waals surface area contributed by atoms with E-state index in [0.717, 1.165) is 4.57 Å². The maximum atomic E-state index is 12.7. The first-order valence-corrected chi connectivity index (χ1v) is 8.52. The maximum Gasteiger partial charge on any atom is 0.333 e. The Bertz CT molecular complexity index is 1140. The minimum Gasteiger partial charge on any atom is -0.394 e. The van der Waals surface area contributed by atoms with Crippen LogP contribution in [0.3, 0.4) is 0 Å². The molecule has 1 aromatic carbocycles. The first-order chi connectivity index (χ1) is 13.8. The molecule has 13 heteroatoms. The van der Waals surface area contributed by atoms with E-state index >= 15 is 0 Å². The summed E-state index contributed by atoms with van der Waals surface area (Å²) in [7, 11) is 1.44. The molecular formula is C16H16N6O7. The van der Waals surface area contributed by atoms with Crippen molar-refractivity contribution in [3.05, 3.63) is 44.9 Å². The van der Waals surface area contributed by atoms with E-state index in [4.69, 9.17) is 4.74 Å². The summed E-state index contributed by atoms with van der Waals surface area (Å²) in [6.45, 7) is -0.539. The Kier molecular flexibility index (Phi) is 4.58. The molecule has 3 N–H and O–H groups in total. The Morgan fingerprint density at radius 1 is 1.17 bits per heavy atom. The van der Waals surface area contributed by atoms with E-state index in [2.05, 4.69) is 15.2 Å². The number of aromatic nitrogens is 5. The fourth-order valence-corrected chi connectivity index (χ4v) is 3.21. The quantitative estimate of drug-likeness (QED) is 0.350. The number of aliphatic hydroxyl groups excluding tert-OH is 3. The molecule has 4 rings (SSSR count). The normalized spacial score (nSPS) is 24.3. The average molecular weight is 404 g/mol. The molecule has 0 amide bonds. The van der Waals surface area contributed by atoms with Crippen LogP contribution >= 0.6 is 0 Å². The lowest BCUT2D eigenvalue weighted by Crippen LogP contribution is -2.35. The first kappa shape index (κ1) is 19.1. The number of non-ortho nitro benzene ring substituents is 1. The smallest absolute Gasteiger partial charge is 0.333 e. The number of ether oxygens (including phenoxy) is 1. The lowest BCUT2D eigenvalue weighted by molar-refractivity contribution is -0.384. The molecule has 29 heavy (non-hydrogen) atoms. The number of aryl methyl sites for hydroxylation is 1. The minimum absolute atomic E-state index is 0.0120. The van der Waals surface area contributed by atoms with Crippen molar-refractivity contribution in [1.82, 2.24) is 24.3 Å². The number of fused-ring (bicyclic) bond motifs is 1. The molecule has 1 saturated heterocycles. The van der Waals surface area contributed by atoms with E-state index in [1.165, 1.54) is 35.9 Å². The van der Waals surface area contributed by atoms with Gasteiger partial charge in [-0.2, -0.15) is 0 Å². The van der Waals surface area contributed by atoms with Crippen LogP contribution in [0.2, 0.25) is 0 Å². The SMILES string of the molecule is Cn1c(=O)n([C@@H]2O[C@H](CO)[C@@H](O)[C@H]2O)c2nnc(-c3ccc([N+](=O)[O-])cc3)nc21. The van der Waals surface area contributed by atoms with Crippen LogP contribution in [-0.4, -0.2) is 69.5 Å². The number of nitro groups is 1. The van der Waals surface area contributed by atoms with Gasteiger partial charge >= 0.3 is 5.69 Å². The number of imidazole rings is 1. The van der Waals surface area contributed by atoms with E-state index < -0.39 is 41.8 Å². The van der Waals surface area contributed by atoms with Crippen molar-refractivity contribution in [2.45, 2.75) is 24.5 Å². The van der Waals surface area contributed by atoms with Gasteiger partial charge in [-0.25, -0.2) is 14.3 Å². The molecule has 0 spiro atoms. The largest absolute Gasteiger partial charge is 0.394 e. The van der Waals surface area contributed by atoms with E-state index in [0.29, 0.717) is 5.56 Å². The number of nitrogens with zero attached hydrogens (tertiary/aromatic N) is 6. The Morgan fingerprint density at radius 3 is 2.45 bits per heavy atom. The standard InChI is InChI=1S/C16H16N6O7/c1-20-13-14(21(16(20)26)15-11(25)10(24)9(6-23)29-15)19-18-12(17-13)7-2-4-8(5-3-7)22(27)28/h2-5,9-11,15,23-25H,6H2,1H3/t9-,10-,11-,15-/m1/s1. The van der Waals surface area contributed by atoms with Gasteiger partial charge in [-0.1, -0.05) is 0 Å². The van der Waals surface area contributed by atoms with Crippen LogP contribution in [0.4, 0.5) is 5.69 Å². The van der Waals surface area contributed by atoms with E-state index in [9.17, 15) is 30.2 Å². The summed E-state index contributed by atoms with van der Waals surface area (Å²) < 4.78 is 7.60. The summed E-state index contributed by atoms with van der Waals surface area (Å²) in [6.07, 6.45) is -5.18. The summed E-state index contributed by atoms with van der Waals surface area (Å²) in [5.41, 5.74) is -0.101. The zero-order chi connectivity index (χ0) is 20.9. The van der Waals surface area contributed by atoms with Crippen LogP contribution < -0.4 is 5.69 Å². The van der Waals surface area contributed by atoms with Crippen molar-refractivity contribution in [3.63, 3.8) is 0 Å². The molecule has 152 valence electrons. The topological polar surface area (TPSA) is 179 Å². The minimum atomic E-state index is -1.47. The highest BCUT2D eigenvalue weighted by atomic mass is 16.6. The molecule has 1 aliphatic rings. The molecular weight excluding hydrogens is 388 g/mol. The first-order valence-electron chi connectivity index (χ1n) is 8.52. The fourth-order valence-electron chi connectivity index (χ4n) is 3.21. The highest BCUT2D eigenvalue weighted by molar-refractivity contribution is 5.69. The number of aliphatic hydroxyl groups is 3. The van der Waals surface area contributed by atoms with Crippen molar-refractivity contribution in [2.75, 3.05) is 6.61 Å². The average Bonchev–Trinajstić information content (AvgIpc) is 3.15. The molecule has 0 bridgehead atoms. The van der Waals surface area contributed by atoms with Gasteiger partial charge in [0.25, 0.3) is 5.69 Å². The zero-order valence-electron chi connectivity index (χ0n) is 15.0. The highest BCUT2D eigenvalue weighted by Gasteiger charge is 2.45. The summed E-state index contributed by atoms with van der Waals surface area (Å²) in [5, 5.41) is 48.2. The number of rotatable bonds is 4. The maximum absolute atomic E-state index is 12.7. The second kappa shape index (κ2) is 6.97. The second-order valence-corrected chi connectivity index (χ2v) is 6.53. The number of hydrogen-bond donors (Lipinski definition) is 3. The van der Waals surface area contributed by atoms with Crippen LogP contribution in [0, 0.1) is 10.1 Å². The molecule has 0 aliphatic carbocycles. The Balaban J connectivity index is 1.79. The molecule has 4 atom stereocenters. The number of benzene rings is 1. The van der Waals surface area contributed by atoms with E-state index in [1.54, 1.807) is 0 Å². The molecule has 0 saturated carbocycles. The Morgan fingerprint density at radius 2 is 1.86 bits per heavy atom. The van der Waals surface area contributed by atoms with Crippen LogP contribution in [0.5, 0.6) is 0 Å². The fraction of sp³-hybridized carbons (Fsp3) is 0.375. The lowest BCUT2D eigenvalue weighted by atomic mass is 10.1. The predicted molar refractivity (Wildman–Crippen MR) is 95.7 cm³/mol. The van der Waals surface area contributed by atoms with Gasteiger partial charge in [0, 0.05) is 24.7 Å². The summed E-state index contributed by atoms with van der Waals surface area (Å²) in [4.78, 5) is 27.3. The van der Waals surface area contributed by atoms with Crippen LogP contribution in [0.25, 0.3) is 22.7 Å². The molecule has 13 nitrogen and oxygen atoms in total. The molecule has 3 aromatic rings. The molecule has 3 heterocycles.